The zero-order valence-electron chi connectivity index (χ0n) is 9.85. The molecule has 0 aliphatic rings. The van der Waals surface area contributed by atoms with E-state index >= 15 is 0 Å². The Morgan fingerprint density at radius 2 is 1.79 bits per heavy atom. The normalized spacial score (nSPS) is 13.2. The number of benzene rings is 1. The molecule has 0 fully saturated rings. The molecule has 19 heavy (non-hydrogen) atoms. The summed E-state index contributed by atoms with van der Waals surface area (Å²) in [7, 11) is 0. The lowest BCUT2D eigenvalue weighted by Gasteiger charge is -2.23. The van der Waals surface area contributed by atoms with Gasteiger partial charge in [-0.2, -0.15) is 0 Å². The maximum atomic E-state index is 12.3. The number of ketones is 1. The van der Waals surface area contributed by atoms with Gasteiger partial charge in [0, 0.05) is 12.0 Å². The van der Waals surface area contributed by atoms with Gasteiger partial charge in [-0.3, -0.25) is 4.79 Å². The SMILES string of the molecule is O=C(CC(c1ccco1)C(Br)(Br)Br)c1ccccc1. The molecule has 2 aromatic rings. The Bertz CT molecular complexity index is 530. The van der Waals surface area contributed by atoms with Crippen molar-refractivity contribution in [3.05, 3.63) is 60.1 Å². The molecule has 2 rings (SSSR count). The molecule has 1 atom stereocenters. The summed E-state index contributed by atoms with van der Waals surface area (Å²) in [5.41, 5.74) is 0.704. The maximum absolute atomic E-state index is 12.3. The van der Waals surface area contributed by atoms with Crippen LogP contribution in [0.3, 0.4) is 0 Å². The van der Waals surface area contributed by atoms with Crippen LogP contribution in [0.15, 0.2) is 53.1 Å². The van der Waals surface area contributed by atoms with Gasteiger partial charge in [0.15, 0.2) is 5.78 Å². The van der Waals surface area contributed by atoms with Crippen LogP contribution in [0.4, 0.5) is 0 Å². The van der Waals surface area contributed by atoms with Crippen molar-refractivity contribution in [2.24, 2.45) is 0 Å². The molecule has 0 bridgehead atoms. The Hall–Kier alpha value is -0.390. The van der Waals surface area contributed by atoms with Gasteiger partial charge in [-0.25, -0.2) is 0 Å². The fourth-order valence-electron chi connectivity index (χ4n) is 1.79. The van der Waals surface area contributed by atoms with Crippen molar-refractivity contribution in [1.82, 2.24) is 0 Å². The van der Waals surface area contributed by atoms with E-state index in [1.165, 1.54) is 0 Å². The molecule has 2 nitrogen and oxygen atoms in total. The maximum Gasteiger partial charge on any atom is 0.163 e. The van der Waals surface area contributed by atoms with Crippen LogP contribution in [0.2, 0.25) is 0 Å². The summed E-state index contributed by atoms with van der Waals surface area (Å²) < 4.78 is 4.84. The average Bonchev–Trinajstić information content (AvgIpc) is 2.88. The van der Waals surface area contributed by atoms with E-state index < -0.39 is 2.14 Å². The second kappa shape index (κ2) is 6.37. The van der Waals surface area contributed by atoms with E-state index in [2.05, 4.69) is 47.8 Å². The summed E-state index contributed by atoms with van der Waals surface area (Å²) in [6.07, 6.45) is 1.94. The third-order valence-corrected chi connectivity index (χ3v) is 4.43. The minimum atomic E-state index is -0.574. The number of Topliss-reactive ketones (excluding diaryl/α,β-unsaturated/α-hetero) is 1. The van der Waals surface area contributed by atoms with Crippen molar-refractivity contribution in [3.8, 4) is 0 Å². The first kappa shape index (κ1) is 15.0. The number of furan rings is 1. The highest BCUT2D eigenvalue weighted by Gasteiger charge is 2.36. The topological polar surface area (TPSA) is 30.2 Å². The fourth-order valence-corrected chi connectivity index (χ4v) is 2.96. The van der Waals surface area contributed by atoms with Gasteiger partial charge in [0.2, 0.25) is 0 Å². The number of carbonyl (C=O) groups excluding carboxylic acids is 1. The minimum Gasteiger partial charge on any atom is -0.469 e. The third-order valence-electron chi connectivity index (χ3n) is 2.77. The predicted octanol–water partition coefficient (Wildman–Crippen LogP) is 5.47. The summed E-state index contributed by atoms with van der Waals surface area (Å²) in [4.78, 5) is 12.3. The molecular formula is C14H11Br3O2. The molecule has 0 radical (unpaired) electrons. The number of hydrogen-bond acceptors (Lipinski definition) is 2. The van der Waals surface area contributed by atoms with E-state index in [1.54, 1.807) is 6.26 Å². The first-order valence-corrected chi connectivity index (χ1v) is 8.05. The lowest BCUT2D eigenvalue weighted by atomic mass is 9.98. The smallest absolute Gasteiger partial charge is 0.163 e. The van der Waals surface area contributed by atoms with Crippen LogP contribution in [0.5, 0.6) is 0 Å². The lowest BCUT2D eigenvalue weighted by molar-refractivity contribution is 0.0972. The molecule has 0 aliphatic carbocycles. The molecule has 1 aromatic heterocycles. The molecule has 0 spiro atoms. The Kier molecular flexibility index (Phi) is 5.03. The van der Waals surface area contributed by atoms with E-state index in [4.69, 9.17) is 4.42 Å². The van der Waals surface area contributed by atoms with Gasteiger partial charge in [0.1, 0.15) is 7.90 Å². The van der Waals surface area contributed by atoms with Crippen molar-refractivity contribution in [2.75, 3.05) is 0 Å². The van der Waals surface area contributed by atoms with Gasteiger partial charge in [-0.05, 0) is 12.1 Å². The van der Waals surface area contributed by atoms with Gasteiger partial charge in [-0.15, -0.1) is 0 Å². The third kappa shape index (κ3) is 4.04. The van der Waals surface area contributed by atoms with E-state index in [0.717, 1.165) is 5.76 Å². The zero-order valence-corrected chi connectivity index (χ0v) is 14.6. The Morgan fingerprint density at radius 3 is 2.32 bits per heavy atom. The Morgan fingerprint density at radius 1 is 1.11 bits per heavy atom. The van der Waals surface area contributed by atoms with Crippen LogP contribution in [0.25, 0.3) is 0 Å². The first-order chi connectivity index (χ1) is 8.98. The summed E-state index contributed by atoms with van der Waals surface area (Å²) in [6.45, 7) is 0. The second-order valence-corrected chi connectivity index (χ2v) is 11.0. The van der Waals surface area contributed by atoms with Crippen molar-refractivity contribution >= 4 is 53.6 Å². The van der Waals surface area contributed by atoms with Crippen molar-refractivity contribution in [3.63, 3.8) is 0 Å². The van der Waals surface area contributed by atoms with E-state index in [9.17, 15) is 4.79 Å². The van der Waals surface area contributed by atoms with Crippen molar-refractivity contribution in [2.45, 2.75) is 14.5 Å². The molecule has 0 saturated carbocycles. The molecule has 1 heterocycles. The monoisotopic (exact) mass is 448 g/mol. The molecule has 1 aromatic carbocycles. The number of halogens is 3. The first-order valence-electron chi connectivity index (χ1n) is 5.67. The second-order valence-electron chi connectivity index (χ2n) is 4.10. The predicted molar refractivity (Wildman–Crippen MR) is 86.4 cm³/mol. The van der Waals surface area contributed by atoms with Crippen LogP contribution < -0.4 is 0 Å². The summed E-state index contributed by atoms with van der Waals surface area (Å²) in [6, 6.07) is 12.9. The van der Waals surface area contributed by atoms with Crippen LogP contribution in [-0.2, 0) is 0 Å². The van der Waals surface area contributed by atoms with Crippen molar-refractivity contribution in [1.29, 1.82) is 0 Å². The minimum absolute atomic E-state index is 0.0738. The van der Waals surface area contributed by atoms with Crippen LogP contribution in [-0.4, -0.2) is 7.93 Å². The molecule has 100 valence electrons. The number of carbonyl (C=O) groups is 1. The van der Waals surface area contributed by atoms with E-state index in [0.29, 0.717) is 12.0 Å². The molecule has 0 aliphatic heterocycles. The molecule has 1 unspecified atom stereocenters. The van der Waals surface area contributed by atoms with E-state index in [1.807, 2.05) is 42.5 Å². The van der Waals surface area contributed by atoms with Crippen molar-refractivity contribution < 1.29 is 9.21 Å². The zero-order chi connectivity index (χ0) is 13.9. The van der Waals surface area contributed by atoms with Gasteiger partial charge in [0.05, 0.1) is 12.2 Å². The van der Waals surface area contributed by atoms with Gasteiger partial charge < -0.3 is 4.42 Å². The highest BCUT2D eigenvalue weighted by Crippen LogP contribution is 2.48. The molecule has 0 saturated heterocycles. The molecule has 0 N–H and O–H groups in total. The number of hydrogen-bond donors (Lipinski definition) is 0. The lowest BCUT2D eigenvalue weighted by Crippen LogP contribution is -2.19. The summed E-state index contributed by atoms with van der Waals surface area (Å²) in [5, 5.41) is 0. The van der Waals surface area contributed by atoms with E-state index in [-0.39, 0.29) is 11.7 Å². The summed E-state index contributed by atoms with van der Waals surface area (Å²) in [5.74, 6) is 0.662. The highest BCUT2D eigenvalue weighted by molar-refractivity contribution is 9.39. The summed E-state index contributed by atoms with van der Waals surface area (Å²) >= 11 is 10.5. The quantitative estimate of drug-likeness (QED) is 0.456. The van der Waals surface area contributed by atoms with Crippen LogP contribution >= 0.6 is 47.8 Å². The molecule has 5 heteroatoms. The molecular weight excluding hydrogens is 440 g/mol. The molecule has 0 amide bonds. The Balaban J connectivity index is 2.21. The van der Waals surface area contributed by atoms with Gasteiger partial charge in [0.25, 0.3) is 0 Å². The largest absolute Gasteiger partial charge is 0.469 e. The fraction of sp³-hybridized carbons (Fsp3) is 0.214. The van der Waals surface area contributed by atoms with Gasteiger partial charge in [-0.1, -0.05) is 78.1 Å². The number of rotatable bonds is 4. The standard InChI is InChI=1S/C14H11Br3O2/c15-14(16,17)11(13-7-4-8-19-13)9-12(18)10-5-2-1-3-6-10/h1-8,11H,9H2. The number of alkyl halides is 3. The van der Waals surface area contributed by atoms with Gasteiger partial charge >= 0.3 is 0 Å². The van der Waals surface area contributed by atoms with Crippen LogP contribution in [0.1, 0.15) is 28.5 Å². The average molecular weight is 451 g/mol. The highest BCUT2D eigenvalue weighted by atomic mass is 80.0. The Labute approximate surface area is 137 Å². The van der Waals surface area contributed by atoms with Crippen LogP contribution in [0, 0.1) is 0 Å².